The third-order valence-corrected chi connectivity index (χ3v) is 7.10. The van der Waals surface area contributed by atoms with Gasteiger partial charge in [0.1, 0.15) is 18.1 Å². The summed E-state index contributed by atoms with van der Waals surface area (Å²) in [6.07, 6.45) is 3.29. The predicted octanol–water partition coefficient (Wildman–Crippen LogP) is 6.00. The zero-order chi connectivity index (χ0) is 29.6. The molecule has 1 aliphatic heterocycles. The standard InChI is InChI=1S/C34H32N2O6/c1-4-41-28-15-12-25(18-29(28)40-3)31-30(33(38)34(39)36(31)20-24-11-8-16-35-19-24)32(37)26-13-14-27(22(2)17-26)42-21-23-9-6-5-7-10-23/h5-19,31,37H,4,20-21H2,1-3H3/b32-30-. The maximum atomic E-state index is 13.5. The van der Waals surface area contributed by atoms with Crippen LogP contribution in [-0.4, -0.2) is 40.4 Å². The second kappa shape index (κ2) is 12.6. The largest absolute Gasteiger partial charge is 0.507 e. The van der Waals surface area contributed by atoms with Crippen molar-refractivity contribution in [1.29, 1.82) is 0 Å². The molecule has 1 amide bonds. The molecule has 5 rings (SSSR count). The first kappa shape index (κ1) is 28.4. The lowest BCUT2D eigenvalue weighted by Crippen LogP contribution is -2.29. The van der Waals surface area contributed by atoms with Gasteiger partial charge in [0.2, 0.25) is 0 Å². The van der Waals surface area contributed by atoms with Crippen LogP contribution in [0.3, 0.4) is 0 Å². The third-order valence-electron chi connectivity index (χ3n) is 7.10. The van der Waals surface area contributed by atoms with Gasteiger partial charge in [-0.2, -0.15) is 0 Å². The van der Waals surface area contributed by atoms with E-state index in [0.29, 0.717) is 41.6 Å². The number of carbonyl (C=O) groups excluding carboxylic acids is 2. The van der Waals surface area contributed by atoms with Gasteiger partial charge in [-0.05, 0) is 72.5 Å². The Labute approximate surface area is 244 Å². The van der Waals surface area contributed by atoms with Gasteiger partial charge in [0, 0.05) is 24.5 Å². The molecule has 4 aromatic rings. The highest BCUT2D eigenvalue weighted by atomic mass is 16.5. The number of pyridine rings is 1. The summed E-state index contributed by atoms with van der Waals surface area (Å²) in [4.78, 5) is 32.6. The highest BCUT2D eigenvalue weighted by molar-refractivity contribution is 6.46. The highest BCUT2D eigenvalue weighted by Gasteiger charge is 2.46. The van der Waals surface area contributed by atoms with Crippen molar-refractivity contribution in [2.75, 3.05) is 13.7 Å². The van der Waals surface area contributed by atoms with Crippen molar-refractivity contribution in [1.82, 2.24) is 9.88 Å². The van der Waals surface area contributed by atoms with Gasteiger partial charge >= 0.3 is 0 Å². The van der Waals surface area contributed by atoms with E-state index < -0.39 is 17.7 Å². The lowest BCUT2D eigenvalue weighted by atomic mass is 9.94. The van der Waals surface area contributed by atoms with Crippen molar-refractivity contribution < 1.29 is 28.9 Å². The zero-order valence-electron chi connectivity index (χ0n) is 23.7. The van der Waals surface area contributed by atoms with Crippen molar-refractivity contribution in [2.24, 2.45) is 0 Å². The molecule has 1 atom stereocenters. The lowest BCUT2D eigenvalue weighted by molar-refractivity contribution is -0.140. The number of Topliss-reactive ketones (excluding diaryl/α,β-unsaturated/α-hetero) is 1. The first-order valence-electron chi connectivity index (χ1n) is 13.7. The van der Waals surface area contributed by atoms with Crippen LogP contribution in [0.4, 0.5) is 0 Å². The molecule has 3 aromatic carbocycles. The molecule has 1 aliphatic rings. The molecule has 214 valence electrons. The Kier molecular flexibility index (Phi) is 8.52. The predicted molar refractivity (Wildman–Crippen MR) is 158 cm³/mol. The highest BCUT2D eigenvalue weighted by Crippen LogP contribution is 2.43. The van der Waals surface area contributed by atoms with Crippen molar-refractivity contribution in [2.45, 2.75) is 33.0 Å². The van der Waals surface area contributed by atoms with Crippen LogP contribution in [0.1, 0.15) is 40.8 Å². The number of hydrogen-bond donors (Lipinski definition) is 1. The van der Waals surface area contributed by atoms with E-state index in [4.69, 9.17) is 14.2 Å². The fraction of sp³-hybridized carbons (Fsp3) is 0.206. The minimum atomic E-state index is -0.871. The molecule has 0 spiro atoms. The van der Waals surface area contributed by atoms with Gasteiger partial charge in [-0.15, -0.1) is 0 Å². The van der Waals surface area contributed by atoms with Gasteiger partial charge in [-0.1, -0.05) is 42.5 Å². The summed E-state index contributed by atoms with van der Waals surface area (Å²) in [6.45, 7) is 4.70. The van der Waals surface area contributed by atoms with Crippen LogP contribution in [0.25, 0.3) is 5.76 Å². The molecule has 1 saturated heterocycles. The minimum absolute atomic E-state index is 0.00698. The van der Waals surface area contributed by atoms with E-state index in [1.165, 1.54) is 12.0 Å². The molecule has 1 fully saturated rings. The number of nitrogens with zero attached hydrogens (tertiary/aromatic N) is 2. The van der Waals surface area contributed by atoms with Crippen LogP contribution in [0.15, 0.2) is 96.8 Å². The van der Waals surface area contributed by atoms with Gasteiger partial charge in [-0.25, -0.2) is 0 Å². The molecule has 0 bridgehead atoms. The quantitative estimate of drug-likeness (QED) is 0.143. The summed E-state index contributed by atoms with van der Waals surface area (Å²) in [7, 11) is 1.53. The number of ketones is 1. The minimum Gasteiger partial charge on any atom is -0.507 e. The summed E-state index contributed by atoms with van der Waals surface area (Å²) in [6, 6.07) is 23.0. The van der Waals surface area contributed by atoms with Crippen molar-refractivity contribution in [3.63, 3.8) is 0 Å². The molecular weight excluding hydrogens is 532 g/mol. The number of aliphatic hydroxyl groups is 1. The van der Waals surface area contributed by atoms with E-state index in [-0.39, 0.29) is 17.9 Å². The van der Waals surface area contributed by atoms with Gasteiger partial charge < -0.3 is 24.2 Å². The average Bonchev–Trinajstić information content (AvgIpc) is 3.26. The number of aromatic nitrogens is 1. The summed E-state index contributed by atoms with van der Waals surface area (Å²) in [5.74, 6) is -0.0984. The number of hydrogen-bond acceptors (Lipinski definition) is 7. The molecule has 8 heteroatoms. The number of amides is 1. The van der Waals surface area contributed by atoms with E-state index in [1.807, 2.05) is 50.2 Å². The Morgan fingerprint density at radius 1 is 0.905 bits per heavy atom. The van der Waals surface area contributed by atoms with Crippen LogP contribution in [0.2, 0.25) is 0 Å². The van der Waals surface area contributed by atoms with E-state index in [9.17, 15) is 14.7 Å². The fourth-order valence-electron chi connectivity index (χ4n) is 5.06. The molecule has 8 nitrogen and oxygen atoms in total. The first-order valence-corrected chi connectivity index (χ1v) is 13.7. The summed E-state index contributed by atoms with van der Waals surface area (Å²) in [5, 5.41) is 11.6. The number of carbonyl (C=O) groups is 2. The fourth-order valence-corrected chi connectivity index (χ4v) is 5.06. The average molecular weight is 565 g/mol. The Bertz CT molecular complexity index is 1620. The molecule has 0 aliphatic carbocycles. The van der Waals surface area contributed by atoms with E-state index >= 15 is 0 Å². The molecule has 1 N–H and O–H groups in total. The van der Waals surface area contributed by atoms with Crippen molar-refractivity contribution in [3.8, 4) is 17.2 Å². The number of methoxy groups -OCH3 is 1. The van der Waals surface area contributed by atoms with Gasteiger partial charge in [-0.3, -0.25) is 14.6 Å². The first-order chi connectivity index (χ1) is 20.4. The number of aryl methyl sites for hydroxylation is 1. The molecule has 42 heavy (non-hydrogen) atoms. The van der Waals surface area contributed by atoms with Gasteiger partial charge in [0.15, 0.2) is 11.5 Å². The monoisotopic (exact) mass is 564 g/mol. The Morgan fingerprint density at radius 2 is 1.67 bits per heavy atom. The molecule has 1 unspecified atom stereocenters. The summed E-state index contributed by atoms with van der Waals surface area (Å²) >= 11 is 0. The third kappa shape index (κ3) is 5.83. The smallest absolute Gasteiger partial charge is 0.295 e. The Balaban J connectivity index is 1.55. The van der Waals surface area contributed by atoms with Gasteiger partial charge in [0.25, 0.3) is 11.7 Å². The second-order valence-electron chi connectivity index (χ2n) is 9.89. The van der Waals surface area contributed by atoms with E-state index in [1.54, 1.807) is 54.9 Å². The molecule has 0 saturated carbocycles. The Hall–Kier alpha value is -5.11. The van der Waals surface area contributed by atoms with Gasteiger partial charge in [0.05, 0.1) is 25.3 Å². The number of aliphatic hydroxyl groups excluding tert-OH is 1. The van der Waals surface area contributed by atoms with Crippen molar-refractivity contribution in [3.05, 3.63) is 125 Å². The van der Waals surface area contributed by atoms with E-state index in [0.717, 1.165) is 16.7 Å². The van der Waals surface area contributed by atoms with Crippen LogP contribution in [0.5, 0.6) is 17.2 Å². The van der Waals surface area contributed by atoms with E-state index in [2.05, 4.69) is 4.98 Å². The topological polar surface area (TPSA) is 98.2 Å². The number of benzene rings is 3. The molecule has 2 heterocycles. The van der Waals surface area contributed by atoms with Crippen molar-refractivity contribution >= 4 is 17.4 Å². The summed E-state index contributed by atoms with van der Waals surface area (Å²) < 4.78 is 17.2. The molecular formula is C34H32N2O6. The molecule has 1 aromatic heterocycles. The lowest BCUT2D eigenvalue weighted by Gasteiger charge is -2.26. The van der Waals surface area contributed by atoms with Crippen LogP contribution in [-0.2, 0) is 22.7 Å². The summed E-state index contributed by atoms with van der Waals surface area (Å²) in [5.41, 5.74) is 3.55. The number of rotatable bonds is 10. The van der Waals surface area contributed by atoms with Crippen LogP contribution >= 0.6 is 0 Å². The SMILES string of the molecule is CCOc1ccc(C2/C(=C(/O)c3ccc(OCc4ccccc4)c(C)c3)C(=O)C(=O)N2Cc2cccnc2)cc1OC. The number of ether oxygens (including phenoxy) is 3. The number of likely N-dealkylation sites (tertiary alicyclic amines) is 1. The molecule has 0 radical (unpaired) electrons. The van der Waals surface area contributed by atoms with Crippen LogP contribution in [0, 0.1) is 6.92 Å². The zero-order valence-corrected chi connectivity index (χ0v) is 23.7. The maximum Gasteiger partial charge on any atom is 0.295 e. The van der Waals surface area contributed by atoms with Crippen LogP contribution < -0.4 is 14.2 Å². The second-order valence-corrected chi connectivity index (χ2v) is 9.89. The maximum absolute atomic E-state index is 13.5. The Morgan fingerprint density at radius 3 is 2.36 bits per heavy atom. The normalized spacial score (nSPS) is 16.0.